The van der Waals surface area contributed by atoms with Gasteiger partial charge >= 0.3 is 65.5 Å². The van der Waals surface area contributed by atoms with Crippen LogP contribution in [0.1, 0.15) is 119 Å². The number of unbranched alkanes of at least 4 members (excludes halogenated alkanes) is 4. The zero-order valence-electron chi connectivity index (χ0n) is 49.6. The first kappa shape index (κ1) is 79.2. The van der Waals surface area contributed by atoms with Crippen LogP contribution < -0.4 is 32.6 Å². The lowest BCUT2D eigenvalue weighted by Gasteiger charge is -2.22. The zero-order chi connectivity index (χ0) is 68.7. The van der Waals surface area contributed by atoms with Crippen LogP contribution in [0.15, 0.2) is 34.1 Å². The molecule has 2 fully saturated rings. The van der Waals surface area contributed by atoms with Crippen LogP contribution in [0.4, 0.5) is 60.3 Å². The van der Waals surface area contributed by atoms with Gasteiger partial charge in [0.25, 0.3) is 5.92 Å². The molecule has 4 amide bonds. The monoisotopic (exact) mass is 1350 g/mol. The van der Waals surface area contributed by atoms with Crippen LogP contribution in [0.25, 0.3) is 0 Å². The van der Waals surface area contributed by atoms with E-state index in [1.165, 1.54) is 26.1 Å². The number of aliphatic carboxylic acids is 1. The fraction of sp³-hybridized carbons (Fsp3) is 0.673. The molecule has 0 saturated carbocycles. The minimum Gasteiger partial charge on any atom is -0.481 e. The van der Waals surface area contributed by atoms with Gasteiger partial charge in [0.05, 0.1) is 41.0 Å². The minimum absolute atomic E-state index is 0.190. The average molecular weight is 1350 g/mol. The van der Waals surface area contributed by atoms with Crippen LogP contribution >= 0.6 is 23.5 Å². The van der Waals surface area contributed by atoms with Crippen LogP contribution in [0.2, 0.25) is 0 Å². The summed E-state index contributed by atoms with van der Waals surface area (Å²) in [6, 6.07) is 0.111. The third-order valence-electron chi connectivity index (χ3n) is 12.3. The van der Waals surface area contributed by atoms with Crippen molar-refractivity contribution in [2.24, 2.45) is 5.92 Å². The molecule has 0 aliphatic carbocycles. The lowest BCUT2D eigenvalue weighted by molar-refractivity contribution is -0.174. The Bertz CT molecular complexity index is 2920. The summed E-state index contributed by atoms with van der Waals surface area (Å²) in [5.41, 5.74) is -3.41. The number of carbonyl (C=O) groups excluding carboxylic acids is 8. The topological polar surface area (TPSA) is 358 Å². The number of carboxylic acids is 1. The summed E-state index contributed by atoms with van der Waals surface area (Å²) in [5, 5.41) is 26.4. The van der Waals surface area contributed by atoms with E-state index in [1.54, 1.807) is 26.1 Å². The number of aliphatic hydroxyl groups is 1. The molecule has 8 atom stereocenters. The number of esters is 2. The highest BCUT2D eigenvalue weighted by Crippen LogP contribution is 2.46. The number of Topliss-reactive ketones (excluding diaryl/α,β-unsaturated/α-hetero) is 2. The Balaban J connectivity index is 0.000000502. The van der Waals surface area contributed by atoms with Gasteiger partial charge in [-0.3, -0.25) is 52.8 Å². The maximum Gasteiger partial charge on any atom is 0.471 e. The summed E-state index contributed by atoms with van der Waals surface area (Å²) >= 11 is 1.64. The molecule has 0 radical (unpaired) electrons. The summed E-state index contributed by atoms with van der Waals surface area (Å²) in [6.07, 6.45) is -13.8. The van der Waals surface area contributed by atoms with E-state index in [9.17, 15) is 102 Å². The van der Waals surface area contributed by atoms with Crippen molar-refractivity contribution in [2.75, 3.05) is 46.9 Å². The van der Waals surface area contributed by atoms with E-state index in [0.717, 1.165) is 67.9 Å². The molecule has 4 heterocycles. The number of nitrogens with zero attached hydrogens (tertiary/aromatic N) is 4. The van der Waals surface area contributed by atoms with E-state index >= 15 is 0 Å². The SMILES string of the molecule is CCCCCC(NC(=O)C(F)(F)F)C(C)=O.CCCCCC(NC(=O)CSCC(=O)OC[C@H]1O[C@@H](n2ccc(NC(=O)C(F)(F)F)nc2=O)C(F)(F)[C@H]1O)C(C)=O.C[C@H]1[C@@H](COC(=O)CSCC(=O)O)O[C@@H](n2ccc(NC(=O)OC(C)(C)C)nc2=O)C1(F)F. The van der Waals surface area contributed by atoms with Gasteiger partial charge in [0.15, 0.2) is 17.7 Å². The second-order valence-electron chi connectivity index (χ2n) is 20.8. The van der Waals surface area contributed by atoms with E-state index in [2.05, 4.69) is 20.6 Å². The number of carboxylic acid groups (broad SMARTS) is 1. The number of hydrogen-bond donors (Lipinski definition) is 6. The Kier molecular flexibility index (Phi) is 31.3. The first-order chi connectivity index (χ1) is 41.6. The summed E-state index contributed by atoms with van der Waals surface area (Å²) < 4.78 is 158. The molecule has 2 unspecified atom stereocenters. The predicted octanol–water partition coefficient (Wildman–Crippen LogP) is 5.89. The Morgan fingerprint density at radius 3 is 1.52 bits per heavy atom. The molecule has 2 saturated heterocycles. The van der Waals surface area contributed by atoms with Gasteiger partial charge in [-0.1, -0.05) is 59.3 Å². The molecule has 2 aliphatic heterocycles. The van der Waals surface area contributed by atoms with Gasteiger partial charge in [-0.25, -0.2) is 23.2 Å². The Hall–Kier alpha value is -6.93. The molecule has 2 aliphatic rings. The largest absolute Gasteiger partial charge is 0.481 e. The maximum atomic E-state index is 14.8. The van der Waals surface area contributed by atoms with Crippen molar-refractivity contribution in [3.63, 3.8) is 0 Å². The number of ketones is 2. The van der Waals surface area contributed by atoms with E-state index in [0.29, 0.717) is 29.7 Å². The number of hydrogen-bond acceptors (Lipinski definition) is 21. The Morgan fingerprint density at radius 2 is 1.09 bits per heavy atom. The first-order valence-electron chi connectivity index (χ1n) is 27.2. The smallest absolute Gasteiger partial charge is 0.471 e. The van der Waals surface area contributed by atoms with Crippen molar-refractivity contribution in [3.05, 3.63) is 45.5 Å². The number of carbonyl (C=O) groups is 9. The first-order valence-corrected chi connectivity index (χ1v) is 29.6. The van der Waals surface area contributed by atoms with E-state index in [4.69, 9.17) is 28.8 Å². The average Bonchev–Trinajstić information content (AvgIpc) is 1.61. The summed E-state index contributed by atoms with van der Waals surface area (Å²) in [4.78, 5) is 134. The molecule has 2 aromatic heterocycles. The predicted molar refractivity (Wildman–Crippen MR) is 298 cm³/mol. The van der Waals surface area contributed by atoms with Gasteiger partial charge in [-0.15, -0.1) is 23.5 Å². The molecule has 4 rings (SSSR count). The van der Waals surface area contributed by atoms with Crippen molar-refractivity contribution in [1.29, 1.82) is 0 Å². The molecule has 90 heavy (non-hydrogen) atoms. The molecule has 0 bridgehead atoms. The van der Waals surface area contributed by atoms with Crippen molar-refractivity contribution < 1.29 is 121 Å². The highest BCUT2D eigenvalue weighted by atomic mass is 32.2. The van der Waals surface area contributed by atoms with Gasteiger partial charge in [0.1, 0.15) is 42.7 Å². The van der Waals surface area contributed by atoms with Crippen molar-refractivity contribution in [2.45, 2.75) is 179 Å². The molecule has 508 valence electrons. The number of amides is 4. The molecule has 6 N–H and O–H groups in total. The zero-order valence-corrected chi connectivity index (χ0v) is 51.3. The lowest BCUT2D eigenvalue weighted by atomic mass is 10.00. The van der Waals surface area contributed by atoms with E-state index < -0.39 is 156 Å². The number of anilines is 2. The van der Waals surface area contributed by atoms with Gasteiger partial charge in [-0.2, -0.15) is 45.1 Å². The number of aliphatic hydroxyl groups excluding tert-OH is 1. The van der Waals surface area contributed by atoms with Gasteiger partial charge in [0.2, 0.25) is 18.4 Å². The quantitative estimate of drug-likeness (QED) is 0.0250. The van der Waals surface area contributed by atoms with Crippen molar-refractivity contribution in [3.8, 4) is 0 Å². The maximum absolute atomic E-state index is 14.8. The fourth-order valence-electron chi connectivity index (χ4n) is 7.61. The third-order valence-corrected chi connectivity index (χ3v) is 14.1. The number of nitrogens with one attached hydrogen (secondary N) is 4. The Labute approximate surface area is 515 Å². The second-order valence-corrected chi connectivity index (χ2v) is 22.8. The molecule has 2 aromatic rings. The fourth-order valence-corrected chi connectivity index (χ4v) is 8.76. The molecule has 0 aromatic carbocycles. The summed E-state index contributed by atoms with van der Waals surface area (Å²) in [5.74, 6) is -19.6. The third kappa shape index (κ3) is 26.5. The number of alkyl halides is 10. The standard InChI is InChI=1S/C23H29F5N4O8S.C19H25F2N3O8S.C10H16F3NO2/c1-3-4-5-6-13(12(2)33)29-16(34)10-41-11-17(35)39-9-14-18(36)22(24,25)20(40-14)32-8-7-15(31-21(32)38)30-19(37)23(26,27)28;1-10-11(7-30-14(27)9-33-8-13(25)26)31-15(19(10,20)21)24-6-5-12(22-16(24)28)23-17(29)32-18(2,3)4;1-3-4-5-6-8(7(2)15)14-9(16)10(11,12)13/h7-8,13-14,18,20,36H,3-6,9-11H2,1-2H3,(H,29,34)(H,30,31,37,38);5-6,10-11,15H,7-9H2,1-4H3,(H,25,26)(H,22,23,28,29);8H,3-6H2,1-2H3,(H,14,16)/t13?,14-,18+,20-;10-,11+,15+;/m10./s1. The highest BCUT2D eigenvalue weighted by molar-refractivity contribution is 8.00. The number of halogens is 10. The number of thioether (sulfide) groups is 2. The normalized spacial score (nSPS) is 19.9. The van der Waals surface area contributed by atoms with Crippen LogP contribution in [0.3, 0.4) is 0 Å². The van der Waals surface area contributed by atoms with Gasteiger partial charge < -0.3 is 49.8 Å². The summed E-state index contributed by atoms with van der Waals surface area (Å²) in [6.45, 7) is 11.2. The molecule has 26 nitrogen and oxygen atoms in total. The van der Waals surface area contributed by atoms with Crippen LogP contribution in [-0.4, -0.2) is 179 Å². The van der Waals surface area contributed by atoms with Crippen molar-refractivity contribution in [1.82, 2.24) is 29.7 Å². The highest BCUT2D eigenvalue weighted by Gasteiger charge is 2.60. The van der Waals surface area contributed by atoms with Gasteiger partial charge in [0, 0.05) is 12.4 Å². The molecule has 0 spiro atoms. The Morgan fingerprint density at radius 1 is 0.656 bits per heavy atom. The van der Waals surface area contributed by atoms with Crippen molar-refractivity contribution >= 4 is 88.4 Å². The van der Waals surface area contributed by atoms with E-state index in [-0.39, 0.29) is 45.6 Å². The molecular weight excluding hydrogens is 1280 g/mol. The number of rotatable bonds is 28. The minimum atomic E-state index is -5.29. The van der Waals surface area contributed by atoms with E-state index in [1.807, 2.05) is 13.8 Å². The number of ether oxygens (including phenoxy) is 5. The molecular formula is C52H70F10N8O18S2. The number of aromatic nitrogens is 4. The van der Waals surface area contributed by atoms with Crippen LogP contribution in [-0.2, 0) is 62.0 Å². The van der Waals surface area contributed by atoms with Gasteiger partial charge in [-0.05, 0) is 59.6 Å². The van der Waals surface area contributed by atoms with Crippen LogP contribution in [0.5, 0.6) is 0 Å². The summed E-state index contributed by atoms with van der Waals surface area (Å²) in [7, 11) is 0. The molecule has 38 heteroatoms. The second kappa shape index (κ2) is 35.6. The lowest BCUT2D eigenvalue weighted by Crippen LogP contribution is -2.46. The van der Waals surface area contributed by atoms with Crippen LogP contribution in [0, 0.1) is 5.92 Å².